The molecule has 2 aromatic carbocycles. The fourth-order valence-corrected chi connectivity index (χ4v) is 2.75. The lowest BCUT2D eigenvalue weighted by Gasteiger charge is -2.22. The number of hydrazone groups is 1. The Kier molecular flexibility index (Phi) is 3.38. The fraction of sp³-hybridized carbons (Fsp3) is 0.222. The normalized spacial score (nSPS) is 17.0. The number of para-hydroxylation sites is 1. The minimum Gasteiger partial charge on any atom is -0.226 e. The molecule has 0 bridgehead atoms. The van der Waals surface area contributed by atoms with Crippen LogP contribution in [0.3, 0.4) is 0 Å². The third-order valence-electron chi connectivity index (χ3n) is 3.84. The summed E-state index contributed by atoms with van der Waals surface area (Å²) in [5.41, 5.74) is 4.17. The van der Waals surface area contributed by atoms with Gasteiger partial charge in [-0.3, -0.25) is 0 Å². The summed E-state index contributed by atoms with van der Waals surface area (Å²) in [7, 11) is 0. The Hall–Kier alpha value is -2.00. The highest BCUT2D eigenvalue weighted by Crippen LogP contribution is 2.35. The lowest BCUT2D eigenvalue weighted by molar-refractivity contribution is 0.751. The van der Waals surface area contributed by atoms with E-state index in [9.17, 15) is 0 Å². The molecule has 0 radical (unpaired) electrons. The van der Waals surface area contributed by atoms with Crippen molar-refractivity contribution in [2.45, 2.75) is 20.8 Å². The lowest BCUT2D eigenvalue weighted by atomic mass is 9.84. The molecular weight excluding hydrogens is 276 g/mol. The first-order valence-corrected chi connectivity index (χ1v) is 7.47. The van der Waals surface area contributed by atoms with E-state index in [4.69, 9.17) is 17.3 Å². The van der Waals surface area contributed by atoms with Gasteiger partial charge in [0.2, 0.25) is 0 Å². The third-order valence-corrected chi connectivity index (χ3v) is 4.53. The van der Waals surface area contributed by atoms with E-state index in [2.05, 4.69) is 45.0 Å². The highest BCUT2D eigenvalue weighted by atomic mass is 32.1. The predicted molar refractivity (Wildman–Crippen MR) is 93.0 cm³/mol. The summed E-state index contributed by atoms with van der Waals surface area (Å²) in [6.07, 6.45) is 0. The molecule has 2 nitrogen and oxygen atoms in total. The van der Waals surface area contributed by atoms with Gasteiger partial charge in [0.25, 0.3) is 0 Å². The number of hydrogen-bond acceptors (Lipinski definition) is 2. The number of aryl methyl sites for hydroxylation is 1. The van der Waals surface area contributed by atoms with E-state index in [0.717, 1.165) is 22.0 Å². The molecule has 2 aromatic rings. The molecule has 0 saturated carbocycles. The lowest BCUT2D eigenvalue weighted by Crippen LogP contribution is -2.33. The zero-order valence-corrected chi connectivity index (χ0v) is 13.3. The van der Waals surface area contributed by atoms with Gasteiger partial charge in [0.15, 0.2) is 0 Å². The molecule has 0 spiro atoms. The van der Waals surface area contributed by atoms with Gasteiger partial charge >= 0.3 is 0 Å². The Morgan fingerprint density at radius 3 is 2.19 bits per heavy atom. The van der Waals surface area contributed by atoms with E-state index in [1.165, 1.54) is 5.56 Å². The van der Waals surface area contributed by atoms with Crippen molar-refractivity contribution in [2.24, 2.45) is 10.5 Å². The molecule has 3 heteroatoms. The first-order chi connectivity index (χ1) is 10.00. The van der Waals surface area contributed by atoms with Crippen LogP contribution in [0.5, 0.6) is 0 Å². The van der Waals surface area contributed by atoms with E-state index < -0.39 is 0 Å². The van der Waals surface area contributed by atoms with Gasteiger partial charge in [-0.15, -0.1) is 0 Å². The van der Waals surface area contributed by atoms with Gasteiger partial charge in [-0.25, -0.2) is 5.01 Å². The van der Waals surface area contributed by atoms with Gasteiger partial charge in [-0.05, 0) is 38.5 Å². The molecule has 0 amide bonds. The largest absolute Gasteiger partial charge is 0.226 e. The van der Waals surface area contributed by atoms with Crippen molar-refractivity contribution in [2.75, 3.05) is 5.01 Å². The molecule has 3 rings (SSSR count). The quantitative estimate of drug-likeness (QED) is 0.754. The maximum atomic E-state index is 5.67. The second-order valence-electron chi connectivity index (χ2n) is 5.89. The smallest absolute Gasteiger partial charge is 0.117 e. The van der Waals surface area contributed by atoms with Gasteiger partial charge in [-0.2, -0.15) is 5.10 Å². The average Bonchev–Trinajstić information content (AvgIpc) is 2.72. The van der Waals surface area contributed by atoms with Crippen molar-refractivity contribution >= 4 is 28.6 Å². The maximum absolute atomic E-state index is 5.67. The molecule has 1 aliphatic rings. The average molecular weight is 294 g/mol. The van der Waals surface area contributed by atoms with Gasteiger partial charge in [0.1, 0.15) is 4.99 Å². The van der Waals surface area contributed by atoms with E-state index >= 15 is 0 Å². The monoisotopic (exact) mass is 294 g/mol. The van der Waals surface area contributed by atoms with Gasteiger partial charge in [-0.1, -0.05) is 60.2 Å². The third kappa shape index (κ3) is 2.38. The Balaban J connectivity index is 2.07. The molecule has 0 aliphatic carbocycles. The highest BCUT2D eigenvalue weighted by molar-refractivity contribution is 7.80. The van der Waals surface area contributed by atoms with Crippen LogP contribution in [0, 0.1) is 12.3 Å². The Morgan fingerprint density at radius 2 is 1.57 bits per heavy atom. The summed E-state index contributed by atoms with van der Waals surface area (Å²) < 4.78 is 0. The molecule has 0 unspecified atom stereocenters. The van der Waals surface area contributed by atoms with Crippen LogP contribution in [-0.4, -0.2) is 10.7 Å². The predicted octanol–water partition coefficient (Wildman–Crippen LogP) is 4.57. The topological polar surface area (TPSA) is 15.6 Å². The molecule has 1 heterocycles. The zero-order chi connectivity index (χ0) is 15.0. The number of hydrogen-bond donors (Lipinski definition) is 0. The summed E-state index contributed by atoms with van der Waals surface area (Å²) in [4.78, 5) is 0.837. The fourth-order valence-electron chi connectivity index (χ4n) is 2.51. The Labute approximate surface area is 131 Å². The van der Waals surface area contributed by atoms with Crippen molar-refractivity contribution in [3.63, 3.8) is 0 Å². The van der Waals surface area contributed by atoms with E-state index in [0.29, 0.717) is 0 Å². The van der Waals surface area contributed by atoms with Crippen LogP contribution in [0.2, 0.25) is 0 Å². The first-order valence-electron chi connectivity index (χ1n) is 7.06. The Morgan fingerprint density at radius 1 is 0.952 bits per heavy atom. The van der Waals surface area contributed by atoms with Crippen LogP contribution >= 0.6 is 12.2 Å². The summed E-state index contributed by atoms with van der Waals surface area (Å²) in [6.45, 7) is 6.36. The molecule has 0 atom stereocenters. The van der Waals surface area contributed by atoms with Crippen molar-refractivity contribution in [1.29, 1.82) is 0 Å². The molecule has 0 aromatic heterocycles. The summed E-state index contributed by atoms with van der Waals surface area (Å²) in [5.74, 6) is 0. The van der Waals surface area contributed by atoms with E-state index in [1.54, 1.807) is 0 Å². The second kappa shape index (κ2) is 5.08. The molecule has 0 saturated heterocycles. The highest BCUT2D eigenvalue weighted by Gasteiger charge is 2.41. The van der Waals surface area contributed by atoms with Gasteiger partial charge in [0.05, 0.1) is 16.8 Å². The number of anilines is 1. The first kappa shape index (κ1) is 14.0. The number of nitrogens with zero attached hydrogens (tertiary/aromatic N) is 2. The minimum absolute atomic E-state index is 0.250. The second-order valence-corrected chi connectivity index (χ2v) is 6.28. The standard InChI is InChI=1S/C18H18N2S/c1-13-9-11-14(12-10-13)16-18(2,3)17(21)20(19-16)15-7-5-4-6-8-15/h4-12H,1-3H3. The van der Waals surface area contributed by atoms with Crippen molar-refractivity contribution in [1.82, 2.24) is 0 Å². The van der Waals surface area contributed by atoms with Gasteiger partial charge in [0, 0.05) is 0 Å². The van der Waals surface area contributed by atoms with Crippen LogP contribution < -0.4 is 5.01 Å². The van der Waals surface area contributed by atoms with Crippen LogP contribution in [0.4, 0.5) is 5.69 Å². The van der Waals surface area contributed by atoms with Crippen molar-refractivity contribution < 1.29 is 0 Å². The van der Waals surface area contributed by atoms with Gasteiger partial charge < -0.3 is 0 Å². The minimum atomic E-state index is -0.250. The van der Waals surface area contributed by atoms with Crippen LogP contribution in [0.15, 0.2) is 59.7 Å². The Bertz CT molecular complexity index is 700. The molecule has 106 valence electrons. The molecular formula is C18H18N2S. The van der Waals surface area contributed by atoms with Crippen molar-refractivity contribution in [3.05, 3.63) is 65.7 Å². The molecule has 0 fully saturated rings. The number of thiocarbonyl (C=S) groups is 1. The van der Waals surface area contributed by atoms with Crippen LogP contribution in [-0.2, 0) is 0 Å². The molecule has 1 aliphatic heterocycles. The van der Waals surface area contributed by atoms with Crippen LogP contribution in [0.1, 0.15) is 25.0 Å². The van der Waals surface area contributed by atoms with Crippen LogP contribution in [0.25, 0.3) is 0 Å². The maximum Gasteiger partial charge on any atom is 0.117 e. The summed E-state index contributed by atoms with van der Waals surface area (Å²) in [5, 5.41) is 6.68. The number of benzene rings is 2. The zero-order valence-electron chi connectivity index (χ0n) is 12.5. The van der Waals surface area contributed by atoms with E-state index in [-0.39, 0.29) is 5.41 Å². The summed E-state index contributed by atoms with van der Waals surface area (Å²) >= 11 is 5.67. The van der Waals surface area contributed by atoms with Crippen molar-refractivity contribution in [3.8, 4) is 0 Å². The summed E-state index contributed by atoms with van der Waals surface area (Å²) in [6, 6.07) is 18.5. The molecule has 21 heavy (non-hydrogen) atoms. The SMILES string of the molecule is Cc1ccc(C2=NN(c3ccccc3)C(=S)C2(C)C)cc1. The molecule has 0 N–H and O–H groups in total. The van der Waals surface area contributed by atoms with E-state index in [1.807, 2.05) is 35.3 Å². The number of rotatable bonds is 2.